The Hall–Kier alpha value is -1.63. The first-order valence-corrected chi connectivity index (χ1v) is 8.09. The predicted octanol–water partition coefficient (Wildman–Crippen LogP) is 2.78. The minimum atomic E-state index is -1.05. The molecule has 1 saturated carbocycles. The second kappa shape index (κ2) is 6.89. The van der Waals surface area contributed by atoms with Crippen LogP contribution in [0.4, 0.5) is 4.79 Å². The Morgan fingerprint density at radius 3 is 2.62 bits per heavy atom. The highest BCUT2D eigenvalue weighted by Gasteiger charge is 2.21. The van der Waals surface area contributed by atoms with Crippen molar-refractivity contribution >= 4 is 23.3 Å². The summed E-state index contributed by atoms with van der Waals surface area (Å²) in [5, 5.41) is 16.7. The Balaban J connectivity index is 1.82. The number of urea groups is 1. The fraction of sp³-hybridized carbons (Fsp3) is 0.643. The van der Waals surface area contributed by atoms with E-state index in [1.54, 1.807) is 6.92 Å². The summed E-state index contributed by atoms with van der Waals surface area (Å²) >= 11 is 1.24. The molecule has 1 aromatic heterocycles. The first-order chi connectivity index (χ1) is 9.95. The average molecular weight is 311 g/mol. The van der Waals surface area contributed by atoms with Gasteiger partial charge >= 0.3 is 12.0 Å². The van der Waals surface area contributed by atoms with Gasteiger partial charge < -0.3 is 15.7 Å². The molecule has 0 aliphatic heterocycles. The van der Waals surface area contributed by atoms with E-state index in [2.05, 4.69) is 22.5 Å². The van der Waals surface area contributed by atoms with Gasteiger partial charge in [0, 0.05) is 11.4 Å². The number of nitrogens with one attached hydrogen (secondary N) is 2. The number of aromatic carboxylic acids is 1. The second-order valence-corrected chi connectivity index (χ2v) is 6.56. The number of amides is 2. The SMILES string of the molecule is CC1CCC(NC(=O)NC(C)c2nc(C(=O)O)cs2)CC1. The molecule has 21 heavy (non-hydrogen) atoms. The lowest BCUT2D eigenvalue weighted by atomic mass is 9.87. The number of thiazole rings is 1. The molecule has 1 aliphatic carbocycles. The number of carboxylic acids is 1. The number of nitrogens with zero attached hydrogens (tertiary/aromatic N) is 1. The molecule has 0 spiro atoms. The van der Waals surface area contributed by atoms with E-state index in [-0.39, 0.29) is 23.8 Å². The van der Waals surface area contributed by atoms with Crippen molar-refractivity contribution < 1.29 is 14.7 Å². The topological polar surface area (TPSA) is 91.3 Å². The number of carboxylic acid groups (broad SMARTS) is 1. The predicted molar refractivity (Wildman–Crippen MR) is 80.6 cm³/mol. The first kappa shape index (κ1) is 15.8. The third kappa shape index (κ3) is 4.42. The molecule has 2 amide bonds. The Morgan fingerprint density at radius 2 is 2.05 bits per heavy atom. The molecule has 0 radical (unpaired) electrons. The average Bonchev–Trinajstić information content (AvgIpc) is 2.91. The normalized spacial score (nSPS) is 23.3. The van der Waals surface area contributed by atoms with Crippen molar-refractivity contribution in [2.24, 2.45) is 5.92 Å². The maximum Gasteiger partial charge on any atom is 0.355 e. The van der Waals surface area contributed by atoms with Crippen LogP contribution in [0.3, 0.4) is 0 Å². The maximum atomic E-state index is 12.0. The first-order valence-electron chi connectivity index (χ1n) is 7.21. The summed E-state index contributed by atoms with van der Waals surface area (Å²) in [6.45, 7) is 4.04. The molecule has 2 rings (SSSR count). The van der Waals surface area contributed by atoms with Crippen LogP contribution < -0.4 is 10.6 Å². The minimum absolute atomic E-state index is 0.0188. The van der Waals surface area contributed by atoms with Crippen LogP contribution in [0.2, 0.25) is 0 Å². The fourth-order valence-corrected chi connectivity index (χ4v) is 3.27. The largest absolute Gasteiger partial charge is 0.476 e. The van der Waals surface area contributed by atoms with E-state index < -0.39 is 5.97 Å². The van der Waals surface area contributed by atoms with Crippen molar-refractivity contribution in [3.05, 3.63) is 16.1 Å². The van der Waals surface area contributed by atoms with E-state index in [1.807, 2.05) is 0 Å². The van der Waals surface area contributed by atoms with Crippen molar-refractivity contribution in [1.82, 2.24) is 15.6 Å². The number of carbonyl (C=O) groups is 2. The summed E-state index contributed by atoms with van der Waals surface area (Å²) < 4.78 is 0. The Morgan fingerprint density at radius 1 is 1.38 bits per heavy atom. The highest BCUT2D eigenvalue weighted by Crippen LogP contribution is 2.23. The molecule has 6 nitrogen and oxygen atoms in total. The van der Waals surface area contributed by atoms with Crippen molar-refractivity contribution in [2.75, 3.05) is 0 Å². The zero-order valence-corrected chi connectivity index (χ0v) is 13.1. The van der Waals surface area contributed by atoms with Gasteiger partial charge in [-0.2, -0.15) is 0 Å². The molecule has 1 heterocycles. The summed E-state index contributed by atoms with van der Waals surface area (Å²) in [7, 11) is 0. The van der Waals surface area contributed by atoms with Gasteiger partial charge in [0.15, 0.2) is 5.69 Å². The van der Waals surface area contributed by atoms with Gasteiger partial charge in [0.25, 0.3) is 0 Å². The van der Waals surface area contributed by atoms with Gasteiger partial charge in [0.2, 0.25) is 0 Å². The van der Waals surface area contributed by atoms with Crippen LogP contribution >= 0.6 is 11.3 Å². The van der Waals surface area contributed by atoms with Gasteiger partial charge in [-0.25, -0.2) is 14.6 Å². The van der Waals surface area contributed by atoms with Crippen LogP contribution in [0.5, 0.6) is 0 Å². The smallest absolute Gasteiger partial charge is 0.355 e. The van der Waals surface area contributed by atoms with E-state index in [1.165, 1.54) is 16.7 Å². The number of rotatable bonds is 4. The molecular weight excluding hydrogens is 290 g/mol. The molecule has 116 valence electrons. The van der Waals surface area contributed by atoms with E-state index >= 15 is 0 Å². The standard InChI is InChI=1S/C14H21N3O3S/c1-8-3-5-10(6-4-8)16-14(20)15-9(2)12-17-11(7-21-12)13(18)19/h7-10H,3-6H2,1-2H3,(H,18,19)(H2,15,16,20). The van der Waals surface area contributed by atoms with E-state index in [4.69, 9.17) is 5.11 Å². The summed E-state index contributed by atoms with van der Waals surface area (Å²) in [6, 6.07) is -0.279. The lowest BCUT2D eigenvalue weighted by Crippen LogP contribution is -2.44. The Kier molecular flexibility index (Phi) is 5.17. The summed E-state index contributed by atoms with van der Waals surface area (Å²) in [6.07, 6.45) is 4.33. The zero-order valence-electron chi connectivity index (χ0n) is 12.3. The lowest BCUT2D eigenvalue weighted by Gasteiger charge is -2.27. The Bertz CT molecular complexity index is 509. The van der Waals surface area contributed by atoms with Crippen LogP contribution in [0, 0.1) is 5.92 Å². The number of hydrogen-bond donors (Lipinski definition) is 3. The lowest BCUT2D eigenvalue weighted by molar-refractivity contribution is 0.0691. The summed E-state index contributed by atoms with van der Waals surface area (Å²) in [5.74, 6) is -0.305. The number of hydrogen-bond acceptors (Lipinski definition) is 4. The maximum absolute atomic E-state index is 12.0. The van der Waals surface area contributed by atoms with Crippen LogP contribution in [-0.4, -0.2) is 28.1 Å². The van der Waals surface area contributed by atoms with Crippen LogP contribution in [-0.2, 0) is 0 Å². The van der Waals surface area contributed by atoms with Gasteiger partial charge in [-0.3, -0.25) is 0 Å². The van der Waals surface area contributed by atoms with Crippen molar-refractivity contribution in [2.45, 2.75) is 51.6 Å². The number of carbonyl (C=O) groups excluding carboxylic acids is 1. The van der Waals surface area contributed by atoms with Gasteiger partial charge in [0.05, 0.1) is 6.04 Å². The number of aromatic nitrogens is 1. The minimum Gasteiger partial charge on any atom is -0.476 e. The molecule has 1 atom stereocenters. The van der Waals surface area contributed by atoms with Gasteiger partial charge in [-0.1, -0.05) is 6.92 Å². The third-order valence-electron chi connectivity index (χ3n) is 3.81. The fourth-order valence-electron chi connectivity index (χ4n) is 2.47. The molecule has 3 N–H and O–H groups in total. The Labute approximate surface area is 128 Å². The zero-order chi connectivity index (χ0) is 15.4. The summed E-state index contributed by atoms with van der Waals surface area (Å²) in [4.78, 5) is 26.7. The van der Waals surface area contributed by atoms with E-state index in [0.717, 1.165) is 31.6 Å². The molecule has 0 saturated heterocycles. The quantitative estimate of drug-likeness (QED) is 0.797. The van der Waals surface area contributed by atoms with E-state index in [9.17, 15) is 9.59 Å². The monoisotopic (exact) mass is 311 g/mol. The molecule has 1 aromatic rings. The highest BCUT2D eigenvalue weighted by molar-refractivity contribution is 7.09. The molecule has 0 aromatic carbocycles. The van der Waals surface area contributed by atoms with Crippen molar-refractivity contribution in [3.8, 4) is 0 Å². The van der Waals surface area contributed by atoms with Gasteiger partial charge in [-0.15, -0.1) is 11.3 Å². The molecule has 7 heteroatoms. The molecule has 1 unspecified atom stereocenters. The van der Waals surface area contributed by atoms with Crippen molar-refractivity contribution in [1.29, 1.82) is 0 Å². The molecule has 1 fully saturated rings. The van der Waals surface area contributed by atoms with E-state index in [0.29, 0.717) is 5.01 Å². The summed E-state index contributed by atoms with van der Waals surface area (Å²) in [5.41, 5.74) is 0.0188. The highest BCUT2D eigenvalue weighted by atomic mass is 32.1. The second-order valence-electron chi connectivity index (χ2n) is 5.67. The molecule has 1 aliphatic rings. The molecule has 0 bridgehead atoms. The molecular formula is C14H21N3O3S. The van der Waals surface area contributed by atoms with Gasteiger partial charge in [0.1, 0.15) is 5.01 Å². The van der Waals surface area contributed by atoms with Gasteiger partial charge in [-0.05, 0) is 38.5 Å². The third-order valence-corrected chi connectivity index (χ3v) is 4.84. The van der Waals surface area contributed by atoms with Crippen molar-refractivity contribution in [3.63, 3.8) is 0 Å². The van der Waals surface area contributed by atoms with Crippen LogP contribution in [0.1, 0.15) is 61.1 Å². The van der Waals surface area contributed by atoms with Crippen LogP contribution in [0.25, 0.3) is 0 Å². The van der Waals surface area contributed by atoms with Crippen LogP contribution in [0.15, 0.2) is 5.38 Å².